The van der Waals surface area contributed by atoms with Gasteiger partial charge in [0, 0.05) is 17.1 Å². The van der Waals surface area contributed by atoms with Crippen molar-refractivity contribution >= 4 is 39.6 Å². The summed E-state index contributed by atoms with van der Waals surface area (Å²) in [5.41, 5.74) is -0.271. The Morgan fingerprint density at radius 1 is 0.882 bits per heavy atom. The van der Waals surface area contributed by atoms with E-state index in [4.69, 9.17) is 4.42 Å². The van der Waals surface area contributed by atoms with Gasteiger partial charge in [-0.2, -0.15) is 0 Å². The van der Waals surface area contributed by atoms with Gasteiger partial charge in [0.2, 0.25) is 17.4 Å². The number of rotatable bonds is 6. The summed E-state index contributed by atoms with van der Waals surface area (Å²) < 4.78 is 7.81. The van der Waals surface area contributed by atoms with Crippen molar-refractivity contribution in [3.05, 3.63) is 75.4 Å². The molecule has 1 aliphatic carbocycles. The van der Waals surface area contributed by atoms with Crippen LogP contribution < -0.4 is 21.9 Å². The molecule has 9 heteroatoms. The van der Waals surface area contributed by atoms with Crippen molar-refractivity contribution in [2.45, 2.75) is 44.8 Å². The minimum Gasteiger partial charge on any atom is -0.449 e. The Bertz CT molecular complexity index is 1490. The number of aromatic nitrogens is 2. The molecule has 0 aliphatic heterocycles. The Morgan fingerprint density at radius 2 is 1.56 bits per heavy atom. The zero-order valence-corrected chi connectivity index (χ0v) is 18.5. The lowest BCUT2D eigenvalue weighted by atomic mass is 10.2. The van der Waals surface area contributed by atoms with Crippen molar-refractivity contribution in [1.82, 2.24) is 14.5 Å². The number of carbonyl (C=O) groups is 2. The van der Waals surface area contributed by atoms with Gasteiger partial charge in [-0.05, 0) is 37.1 Å². The average Bonchev–Trinajstić information content (AvgIpc) is 3.48. The molecular weight excluding hydrogens is 436 g/mol. The second-order valence-electron chi connectivity index (χ2n) is 8.50. The molecule has 4 aromatic rings. The molecule has 2 aromatic carbocycles. The average molecular weight is 460 g/mol. The van der Waals surface area contributed by atoms with Gasteiger partial charge >= 0.3 is 5.69 Å². The smallest absolute Gasteiger partial charge is 0.332 e. The third kappa shape index (κ3) is 4.12. The van der Waals surface area contributed by atoms with Crippen molar-refractivity contribution in [1.29, 1.82) is 0 Å². The lowest BCUT2D eigenvalue weighted by Gasteiger charge is -2.14. The van der Waals surface area contributed by atoms with E-state index in [0.717, 1.165) is 30.3 Å². The van der Waals surface area contributed by atoms with Crippen LogP contribution in [0.15, 0.2) is 68.6 Å². The van der Waals surface area contributed by atoms with Crippen molar-refractivity contribution in [3.8, 4) is 0 Å². The molecule has 0 bridgehead atoms. The highest BCUT2D eigenvalue weighted by Crippen LogP contribution is 2.25. The summed E-state index contributed by atoms with van der Waals surface area (Å²) in [5.74, 6) is -0.859. The summed E-state index contributed by atoms with van der Waals surface area (Å²) in [4.78, 5) is 52.1. The minimum atomic E-state index is -0.742. The maximum absolute atomic E-state index is 13.4. The first-order chi connectivity index (χ1) is 16.5. The predicted molar refractivity (Wildman–Crippen MR) is 128 cm³/mol. The maximum Gasteiger partial charge on any atom is 0.332 e. The van der Waals surface area contributed by atoms with Crippen LogP contribution in [0.3, 0.4) is 0 Å². The Balaban J connectivity index is 1.57. The summed E-state index contributed by atoms with van der Waals surface area (Å²) in [6, 6.07) is 15.8. The largest absolute Gasteiger partial charge is 0.449 e. The number of furan rings is 1. The zero-order chi connectivity index (χ0) is 23.7. The van der Waals surface area contributed by atoms with Crippen LogP contribution in [0.5, 0.6) is 0 Å². The van der Waals surface area contributed by atoms with E-state index < -0.39 is 29.6 Å². The van der Waals surface area contributed by atoms with Gasteiger partial charge in [-0.15, -0.1) is 0 Å². The van der Waals surface area contributed by atoms with E-state index in [1.54, 1.807) is 48.5 Å². The SMILES string of the molecule is O=C(Cn1c(=O)n(CC(=O)NC2CCCC2)c(=O)c2oc3ccccc3c21)Nc1ccccc1. The monoisotopic (exact) mass is 460 g/mol. The number of anilines is 1. The number of amides is 2. The topological polar surface area (TPSA) is 115 Å². The summed E-state index contributed by atoms with van der Waals surface area (Å²) in [5, 5.41) is 6.19. The van der Waals surface area contributed by atoms with Crippen LogP contribution in [0.25, 0.3) is 22.1 Å². The van der Waals surface area contributed by atoms with Crippen LogP contribution in [0, 0.1) is 0 Å². The van der Waals surface area contributed by atoms with E-state index in [9.17, 15) is 19.2 Å². The van der Waals surface area contributed by atoms with Gasteiger partial charge in [-0.25, -0.2) is 9.36 Å². The summed E-state index contributed by atoms with van der Waals surface area (Å²) in [6.07, 6.45) is 3.85. The highest BCUT2D eigenvalue weighted by atomic mass is 16.3. The van der Waals surface area contributed by atoms with Crippen LogP contribution in [-0.2, 0) is 22.7 Å². The molecule has 0 unspecified atom stereocenters. The Morgan fingerprint density at radius 3 is 2.32 bits per heavy atom. The second kappa shape index (κ2) is 9.01. The summed E-state index contributed by atoms with van der Waals surface area (Å²) in [7, 11) is 0. The second-order valence-corrected chi connectivity index (χ2v) is 8.50. The minimum absolute atomic E-state index is 0.0528. The van der Waals surface area contributed by atoms with Gasteiger partial charge < -0.3 is 15.1 Å². The number of hydrogen-bond donors (Lipinski definition) is 2. The molecule has 2 heterocycles. The Labute approximate surface area is 194 Å². The van der Waals surface area contributed by atoms with E-state index in [-0.39, 0.29) is 23.7 Å². The van der Waals surface area contributed by atoms with Crippen LogP contribution in [0.1, 0.15) is 25.7 Å². The fourth-order valence-electron chi connectivity index (χ4n) is 4.53. The highest BCUT2D eigenvalue weighted by Gasteiger charge is 2.23. The zero-order valence-electron chi connectivity index (χ0n) is 18.5. The number of carbonyl (C=O) groups excluding carboxylic acids is 2. The number of hydrogen-bond acceptors (Lipinski definition) is 5. The van der Waals surface area contributed by atoms with Crippen molar-refractivity contribution in [2.75, 3.05) is 5.32 Å². The van der Waals surface area contributed by atoms with E-state index in [2.05, 4.69) is 10.6 Å². The molecule has 174 valence electrons. The van der Waals surface area contributed by atoms with Crippen LogP contribution in [-0.4, -0.2) is 27.0 Å². The molecule has 1 saturated carbocycles. The van der Waals surface area contributed by atoms with Crippen molar-refractivity contribution < 1.29 is 14.0 Å². The molecule has 1 fully saturated rings. The molecule has 34 heavy (non-hydrogen) atoms. The quantitative estimate of drug-likeness (QED) is 0.459. The maximum atomic E-state index is 13.4. The van der Waals surface area contributed by atoms with Crippen LogP contribution >= 0.6 is 0 Å². The molecule has 2 aromatic heterocycles. The fourth-order valence-corrected chi connectivity index (χ4v) is 4.53. The summed E-state index contributed by atoms with van der Waals surface area (Å²) >= 11 is 0. The van der Waals surface area contributed by atoms with Gasteiger partial charge in [-0.1, -0.05) is 43.2 Å². The van der Waals surface area contributed by atoms with E-state index >= 15 is 0 Å². The molecule has 1 aliphatic rings. The third-order valence-corrected chi connectivity index (χ3v) is 6.12. The number of nitrogens with zero attached hydrogens (tertiary/aromatic N) is 2. The molecule has 9 nitrogen and oxygen atoms in total. The Hall–Kier alpha value is -4.14. The molecule has 0 atom stereocenters. The lowest BCUT2D eigenvalue weighted by molar-refractivity contribution is -0.122. The molecular formula is C25H24N4O5. The van der Waals surface area contributed by atoms with Gasteiger partial charge in [0.1, 0.15) is 24.2 Å². The number of fused-ring (bicyclic) bond motifs is 3. The molecule has 0 radical (unpaired) electrons. The Kier molecular flexibility index (Phi) is 5.75. The van der Waals surface area contributed by atoms with Crippen molar-refractivity contribution in [3.63, 3.8) is 0 Å². The number of benzene rings is 2. The normalized spacial score (nSPS) is 14.0. The van der Waals surface area contributed by atoms with Gasteiger partial charge in [0.05, 0.1) is 0 Å². The summed E-state index contributed by atoms with van der Waals surface area (Å²) in [6.45, 7) is -0.792. The van der Waals surface area contributed by atoms with Gasteiger partial charge in [0.25, 0.3) is 5.56 Å². The first-order valence-corrected chi connectivity index (χ1v) is 11.3. The first-order valence-electron chi connectivity index (χ1n) is 11.3. The standard InChI is InChI=1S/C25H24N4O5/c30-20(26-16-8-2-1-3-9-16)14-28-22-18-12-6-7-13-19(18)34-23(22)24(32)29(25(28)33)15-21(31)27-17-10-4-5-11-17/h1-3,6-9,12-13,17H,4-5,10-11,14-15H2,(H,26,30)(H,27,31). The molecule has 0 spiro atoms. The van der Waals surface area contributed by atoms with Gasteiger partial charge in [0.15, 0.2) is 0 Å². The number of para-hydroxylation sites is 2. The third-order valence-electron chi connectivity index (χ3n) is 6.12. The fraction of sp³-hybridized carbons (Fsp3) is 0.280. The van der Waals surface area contributed by atoms with Gasteiger partial charge in [-0.3, -0.25) is 19.0 Å². The molecule has 5 rings (SSSR count). The van der Waals surface area contributed by atoms with Crippen LogP contribution in [0.4, 0.5) is 5.69 Å². The predicted octanol–water partition coefficient (Wildman–Crippen LogP) is 2.61. The van der Waals surface area contributed by atoms with Crippen molar-refractivity contribution in [2.24, 2.45) is 0 Å². The van der Waals surface area contributed by atoms with Crippen LogP contribution in [0.2, 0.25) is 0 Å². The van der Waals surface area contributed by atoms with E-state index in [1.807, 2.05) is 6.07 Å². The lowest BCUT2D eigenvalue weighted by Crippen LogP contribution is -2.46. The molecule has 2 amide bonds. The molecule has 2 N–H and O–H groups in total. The van der Waals surface area contributed by atoms with E-state index in [1.165, 1.54) is 4.57 Å². The number of nitrogens with one attached hydrogen (secondary N) is 2. The molecule has 0 saturated heterocycles. The highest BCUT2D eigenvalue weighted by molar-refractivity contribution is 6.03. The van der Waals surface area contributed by atoms with E-state index in [0.29, 0.717) is 16.7 Å². The first kappa shape index (κ1) is 21.7.